The summed E-state index contributed by atoms with van der Waals surface area (Å²) in [7, 11) is -32.9. The van der Waals surface area contributed by atoms with Crippen molar-refractivity contribution >= 4 is 79.4 Å². The Balaban J connectivity index is 0.000000150. The van der Waals surface area contributed by atoms with Crippen LogP contribution in [-0.2, 0) is 123 Å². The molecule has 0 amide bonds. The molecule has 0 unspecified atom stereocenters. The number of hydrogen-bond donors (Lipinski definition) is 4. The van der Waals surface area contributed by atoms with E-state index in [1.165, 1.54) is 6.92 Å². The molecule has 12 atom stereocenters. The van der Waals surface area contributed by atoms with E-state index in [0.717, 1.165) is 103 Å². The van der Waals surface area contributed by atoms with Crippen LogP contribution in [-0.4, -0.2) is 141 Å². The largest absolute Gasteiger partial charge is 0.490 e. The highest BCUT2D eigenvalue weighted by atomic mass is 32.2. The summed E-state index contributed by atoms with van der Waals surface area (Å²) >= 11 is 0. The van der Waals surface area contributed by atoms with Crippen LogP contribution in [0.4, 0.5) is 87.8 Å². The molecule has 4 aliphatic heterocycles. The van der Waals surface area contributed by atoms with E-state index in [1.54, 1.807) is 6.92 Å². The van der Waals surface area contributed by atoms with E-state index in [9.17, 15) is 138 Å². The Hall–Kier alpha value is -9.00. The van der Waals surface area contributed by atoms with E-state index < -0.39 is 310 Å². The highest BCUT2D eigenvalue weighted by Gasteiger charge is 2.66. The van der Waals surface area contributed by atoms with Gasteiger partial charge in [0.2, 0.25) is 40.1 Å². The summed E-state index contributed by atoms with van der Waals surface area (Å²) in [6.07, 6.45) is -17.9. The molecule has 0 radical (unpaired) electrons. The fraction of sp³-hybridized carbons (Fsp3) is 0.461. The third kappa shape index (κ3) is 20.4. The van der Waals surface area contributed by atoms with Crippen LogP contribution >= 0.6 is 0 Å². The molecule has 24 nitrogen and oxygen atoms in total. The van der Waals surface area contributed by atoms with Gasteiger partial charge in [-0.05, 0) is 249 Å². The van der Waals surface area contributed by atoms with Gasteiger partial charge in [-0.25, -0.2) is 121 Å². The van der Waals surface area contributed by atoms with E-state index >= 15 is 17.6 Å². The highest BCUT2D eigenvalue weighted by molar-refractivity contribution is 7.94. The van der Waals surface area contributed by atoms with Crippen molar-refractivity contribution in [3.8, 4) is 23.0 Å². The Morgan fingerprint density at radius 1 is 0.298 bits per heavy atom. The molecule has 17 rings (SSSR count). The van der Waals surface area contributed by atoms with Crippen molar-refractivity contribution in [3.63, 3.8) is 0 Å². The zero-order valence-corrected chi connectivity index (χ0v) is 80.4. The molecule has 5 saturated carbocycles. The first-order valence-corrected chi connectivity index (χ1v) is 56.2. The molecule has 9 aliphatic rings. The molecule has 52 heteroatoms. The summed E-state index contributed by atoms with van der Waals surface area (Å²) < 4.78 is 508. The second-order valence-corrected chi connectivity index (χ2v) is 52.2. The van der Waals surface area contributed by atoms with Gasteiger partial charge in [-0.1, -0.05) is 6.92 Å². The summed E-state index contributed by atoms with van der Waals surface area (Å²) in [4.78, 5) is -1.94. The first kappa shape index (κ1) is 108. The predicted octanol–water partition coefficient (Wildman–Crippen LogP) is 16.8. The molecular weight excluding hydrogens is 2080 g/mol. The molecule has 772 valence electrons. The minimum absolute atomic E-state index is 0.00227. The van der Waals surface area contributed by atoms with Gasteiger partial charge in [0, 0.05) is 47.8 Å². The molecule has 8 aromatic rings. The molecule has 141 heavy (non-hydrogen) atoms. The van der Waals surface area contributed by atoms with Crippen molar-refractivity contribution < 1.29 is 174 Å². The smallest absolute Gasteiger partial charge is 0.416 e. The van der Waals surface area contributed by atoms with Gasteiger partial charge in [-0.3, -0.25) is 0 Å². The number of nitrogens with one attached hydrogen (secondary N) is 4. The lowest BCUT2D eigenvalue weighted by atomic mass is 9.71. The van der Waals surface area contributed by atoms with Crippen molar-refractivity contribution in [2.75, 3.05) is 44.2 Å². The Bertz CT molecular complexity index is 7120. The second kappa shape index (κ2) is 38.8. The van der Waals surface area contributed by atoms with Gasteiger partial charge in [-0.15, -0.1) is 0 Å². The number of sulfonamides is 4. The Labute approximate surface area is 797 Å². The standard InChI is InChI=1S/C23H22F5NO5S2.C23H24F5NO5S2.C22H22F5NO5S2.C21H20F5NO5S2/c24-18-7-8-19(25)21-20(18)22(35(30,31)16-3-1-13(2-4-16)23(26,27)28)10-9-15(11-14(22)12-34-21)29-36(32,33)17-5-6-17;1-2-11-35(30,31)29-16-9-10-22(36(32,33)17-5-3-14(4-6-17)23(26,27)28)15(12-16)13-34-21-19(25)8-7-18(24)20(21)22;1-2-34(29,30)28-15-9-10-21(35(31,32)16-5-3-13(4-6-16)22(25,26)27)14(11-15)12-33-20-18(24)8-7-17(23)19(20)21;1-33(28,29)27-14-8-9-20(34(30,31)15-4-2-12(3-5-15)21(24,25)26)13(10-14)11-32-19-17(23)7-6-16(22)18(19)20/h1-4,7-8,14-15,17,29H,5-6,9-12H2;3-8,15-16,29H,2,9-13H2,1H3;3-8,14-15,28H,2,9-12H2,1H3;2-7,13-14,27H,8-11H2,1H3/t14-,15-,22+;15-,16-,22+;14-,15-,21+;13-,14-,20+/m1111/s1. The summed E-state index contributed by atoms with van der Waals surface area (Å²) in [6.45, 7) is 1.73. The van der Waals surface area contributed by atoms with Crippen LogP contribution in [0.15, 0.2) is 165 Å². The van der Waals surface area contributed by atoms with Gasteiger partial charge in [0.05, 0.1) is 114 Å². The molecule has 0 spiro atoms. The van der Waals surface area contributed by atoms with Gasteiger partial charge >= 0.3 is 24.7 Å². The fourth-order valence-electron chi connectivity index (χ4n) is 20.6. The fourth-order valence-corrected chi connectivity index (χ4v) is 34.7. The Morgan fingerprint density at radius 2 is 0.518 bits per heavy atom. The van der Waals surface area contributed by atoms with Crippen LogP contribution in [0.1, 0.15) is 155 Å². The average molecular weight is 2170 g/mol. The quantitative estimate of drug-likeness (QED) is 0.0515. The first-order valence-electron chi connectivity index (χ1n) is 43.5. The topological polar surface area (TPSA) is 358 Å². The third-order valence-electron chi connectivity index (χ3n) is 27.1. The molecule has 5 fully saturated rings. The van der Waals surface area contributed by atoms with Gasteiger partial charge in [0.25, 0.3) is 0 Å². The normalized spacial score (nSPS) is 25.3. The van der Waals surface area contributed by atoms with Crippen LogP contribution in [0.5, 0.6) is 23.0 Å². The maximum Gasteiger partial charge on any atom is 0.416 e. The number of rotatable bonds is 20. The molecule has 5 aliphatic carbocycles. The molecule has 4 heterocycles. The monoisotopic (exact) mass is 2170 g/mol. The number of halogens is 20. The zero-order valence-electron chi connectivity index (χ0n) is 73.9. The molecule has 4 N–H and O–H groups in total. The maximum atomic E-state index is 15.2. The number of fused-ring (bicyclic) bond motifs is 12. The molecular formula is C89H88F20N4O20S8. The van der Waals surface area contributed by atoms with E-state index in [1.807, 2.05) is 0 Å². The van der Waals surface area contributed by atoms with Crippen LogP contribution < -0.4 is 37.8 Å². The van der Waals surface area contributed by atoms with Gasteiger partial charge in [0.1, 0.15) is 42.3 Å². The van der Waals surface area contributed by atoms with Crippen molar-refractivity contribution in [1.29, 1.82) is 0 Å². The second-order valence-electron chi connectivity index (χ2n) is 35.7. The van der Waals surface area contributed by atoms with Crippen molar-refractivity contribution in [1.82, 2.24) is 18.9 Å². The Morgan fingerprint density at radius 3 is 0.730 bits per heavy atom. The maximum absolute atomic E-state index is 15.2. The van der Waals surface area contributed by atoms with E-state index in [2.05, 4.69) is 18.9 Å². The number of ether oxygens (including phenoxy) is 4. The highest BCUT2D eigenvalue weighted by Crippen LogP contribution is 2.63. The minimum atomic E-state index is -4.70. The van der Waals surface area contributed by atoms with Crippen LogP contribution in [0.2, 0.25) is 0 Å². The first-order chi connectivity index (χ1) is 65.4. The van der Waals surface area contributed by atoms with E-state index in [0.29, 0.717) is 67.8 Å². The zero-order chi connectivity index (χ0) is 104. The lowest BCUT2D eigenvalue weighted by molar-refractivity contribution is -0.138. The lowest BCUT2D eigenvalue weighted by Crippen LogP contribution is -2.55. The van der Waals surface area contributed by atoms with Crippen molar-refractivity contribution in [2.24, 2.45) is 23.7 Å². The van der Waals surface area contributed by atoms with E-state index in [4.69, 9.17) is 18.9 Å². The summed E-state index contributed by atoms with van der Waals surface area (Å²) in [5.41, 5.74) is -6.33. The summed E-state index contributed by atoms with van der Waals surface area (Å²) in [6, 6.07) is 14.9. The van der Waals surface area contributed by atoms with Gasteiger partial charge in [0.15, 0.2) is 85.6 Å². The SMILES string of the molecule is CCCS(=O)(=O)N[C@@H]1CC[C@@]2(S(=O)(=O)c3ccc(C(F)(F)F)cc3)c3c(F)ccc(F)c3OC[C@H]2C1.CCS(=O)(=O)N[C@@H]1CC[C@@]2(S(=O)(=O)c3ccc(C(F)(F)F)cc3)c3c(F)ccc(F)c3OC[C@H]2C1.CS(=O)(=O)N[C@@H]1CC[C@@]2(S(=O)(=O)c3ccc(C(F)(F)F)cc3)c3c(F)ccc(F)c3OC[C@H]2C1.O=S(=O)(N[C@@H]1CC[C@@]2(S(=O)(=O)c3ccc(C(F)(F)F)cc3)c3c(F)ccc(F)c3OC[C@H]2C1)C1CC1. The average Bonchev–Trinajstić information content (AvgIpc) is 1.70. The third-order valence-corrected chi connectivity index (χ3v) is 43.4. The number of alkyl halides is 12. The van der Waals surface area contributed by atoms with Crippen LogP contribution in [0, 0.1) is 70.2 Å². The van der Waals surface area contributed by atoms with Crippen LogP contribution in [0.3, 0.4) is 0 Å². The van der Waals surface area contributed by atoms with Crippen molar-refractivity contribution in [2.45, 2.75) is 203 Å². The molecule has 0 bridgehead atoms. The molecule has 8 aromatic carbocycles. The van der Waals surface area contributed by atoms with Gasteiger partial charge in [-0.2, -0.15) is 52.7 Å². The predicted molar refractivity (Wildman–Crippen MR) is 466 cm³/mol. The lowest BCUT2D eigenvalue weighted by Gasteiger charge is -2.49. The summed E-state index contributed by atoms with van der Waals surface area (Å²) in [5.74, 6) is -14.6. The molecule has 0 saturated heterocycles. The molecule has 0 aromatic heterocycles. The van der Waals surface area contributed by atoms with Crippen molar-refractivity contribution in [3.05, 3.63) is 237 Å². The Kier molecular flexibility index (Phi) is 29.6. The van der Waals surface area contributed by atoms with Gasteiger partial charge < -0.3 is 18.9 Å². The summed E-state index contributed by atoms with van der Waals surface area (Å²) in [5, 5.41) is -0.505. The number of hydrogen-bond acceptors (Lipinski definition) is 20. The number of benzene rings is 8. The van der Waals surface area contributed by atoms with Crippen LogP contribution in [0.25, 0.3) is 0 Å². The minimum Gasteiger partial charge on any atom is -0.490 e. The number of sulfone groups is 4. The van der Waals surface area contributed by atoms with E-state index in [-0.39, 0.29) is 115 Å².